The van der Waals surface area contributed by atoms with Crippen molar-refractivity contribution < 1.29 is 19.1 Å². The number of fused-ring (bicyclic) bond motifs is 3. The first-order chi connectivity index (χ1) is 13.6. The Bertz CT molecular complexity index is 886. The summed E-state index contributed by atoms with van der Waals surface area (Å²) >= 11 is 0. The van der Waals surface area contributed by atoms with Gasteiger partial charge in [-0.05, 0) is 31.0 Å². The van der Waals surface area contributed by atoms with Crippen molar-refractivity contribution in [1.82, 2.24) is 19.8 Å². The van der Waals surface area contributed by atoms with E-state index in [4.69, 9.17) is 9.47 Å². The molecule has 3 heterocycles. The molecule has 2 aromatic rings. The number of methoxy groups -OCH3 is 1. The lowest BCUT2D eigenvalue weighted by molar-refractivity contribution is -0.129. The molecule has 1 aromatic heterocycles. The summed E-state index contributed by atoms with van der Waals surface area (Å²) in [6, 6.07) is 6.03. The molecule has 1 amide bonds. The van der Waals surface area contributed by atoms with Gasteiger partial charge in [0.25, 0.3) is 0 Å². The Morgan fingerprint density at radius 2 is 2.11 bits per heavy atom. The molecule has 2 aliphatic heterocycles. The van der Waals surface area contributed by atoms with Gasteiger partial charge in [0.05, 0.1) is 36.4 Å². The van der Waals surface area contributed by atoms with E-state index >= 15 is 0 Å². The molecule has 0 spiro atoms. The number of ether oxygens (including phenoxy) is 2. The Labute approximate surface area is 163 Å². The molecule has 1 unspecified atom stereocenters. The summed E-state index contributed by atoms with van der Waals surface area (Å²) < 4.78 is 12.8. The second-order valence-corrected chi connectivity index (χ2v) is 7.45. The van der Waals surface area contributed by atoms with Crippen LogP contribution in [0.15, 0.2) is 18.2 Å². The number of nitrogens with one attached hydrogen (secondary N) is 1. The molecule has 8 heteroatoms. The number of likely N-dealkylation sites (tertiary alicyclic amines) is 1. The minimum Gasteiger partial charge on any atom is -0.465 e. The van der Waals surface area contributed by atoms with Crippen molar-refractivity contribution in [2.75, 3.05) is 33.4 Å². The summed E-state index contributed by atoms with van der Waals surface area (Å²) in [5.74, 6) is 0.667. The third-order valence-electron chi connectivity index (χ3n) is 5.67. The standard InChI is InChI=1S/C20H26N4O4/c1-13(25)23-7-5-15(6-8-23)21-10-16-11-28-12-19-22-17-9-14(20(26)27-2)3-4-18(17)24(16)19/h3-4,9,15-16,21H,5-8,10-12H2,1-2H3. The van der Waals surface area contributed by atoms with E-state index < -0.39 is 0 Å². The Hall–Kier alpha value is -2.45. The lowest BCUT2D eigenvalue weighted by atomic mass is 10.0. The maximum atomic E-state index is 11.8. The fourth-order valence-corrected chi connectivity index (χ4v) is 4.11. The quantitative estimate of drug-likeness (QED) is 0.802. The van der Waals surface area contributed by atoms with Crippen LogP contribution >= 0.6 is 0 Å². The molecule has 0 radical (unpaired) electrons. The van der Waals surface area contributed by atoms with Gasteiger partial charge in [-0.25, -0.2) is 9.78 Å². The van der Waals surface area contributed by atoms with E-state index in [1.165, 1.54) is 7.11 Å². The number of aromatic nitrogens is 2. The van der Waals surface area contributed by atoms with Crippen LogP contribution in [0, 0.1) is 0 Å². The van der Waals surface area contributed by atoms with Gasteiger partial charge in [-0.3, -0.25) is 4.79 Å². The van der Waals surface area contributed by atoms with Gasteiger partial charge in [0.15, 0.2) is 0 Å². The number of rotatable bonds is 4. The Morgan fingerprint density at radius 3 is 2.82 bits per heavy atom. The molecule has 1 aromatic carbocycles. The second kappa shape index (κ2) is 7.89. The number of benzene rings is 1. The maximum Gasteiger partial charge on any atom is 0.337 e. The monoisotopic (exact) mass is 386 g/mol. The van der Waals surface area contributed by atoms with Gasteiger partial charge < -0.3 is 24.3 Å². The molecular formula is C20H26N4O4. The van der Waals surface area contributed by atoms with Crippen molar-refractivity contribution in [1.29, 1.82) is 0 Å². The van der Waals surface area contributed by atoms with Crippen molar-refractivity contribution >= 4 is 22.9 Å². The zero-order valence-electron chi connectivity index (χ0n) is 16.3. The van der Waals surface area contributed by atoms with Gasteiger partial charge in [-0.1, -0.05) is 0 Å². The average molecular weight is 386 g/mol. The molecule has 1 saturated heterocycles. The highest BCUT2D eigenvalue weighted by atomic mass is 16.5. The molecule has 0 saturated carbocycles. The van der Waals surface area contributed by atoms with Gasteiger partial charge in [0.2, 0.25) is 5.91 Å². The van der Waals surface area contributed by atoms with Gasteiger partial charge in [0.1, 0.15) is 12.4 Å². The van der Waals surface area contributed by atoms with Crippen molar-refractivity contribution in [2.24, 2.45) is 0 Å². The van der Waals surface area contributed by atoms with Crippen LogP contribution in [0.5, 0.6) is 0 Å². The molecule has 0 bridgehead atoms. The van der Waals surface area contributed by atoms with E-state index in [9.17, 15) is 9.59 Å². The fourth-order valence-electron chi connectivity index (χ4n) is 4.11. The molecule has 28 heavy (non-hydrogen) atoms. The molecular weight excluding hydrogens is 360 g/mol. The zero-order valence-corrected chi connectivity index (χ0v) is 16.3. The summed E-state index contributed by atoms with van der Waals surface area (Å²) in [5.41, 5.74) is 2.28. The predicted molar refractivity (Wildman–Crippen MR) is 103 cm³/mol. The lowest BCUT2D eigenvalue weighted by Crippen LogP contribution is -2.46. The second-order valence-electron chi connectivity index (χ2n) is 7.45. The molecule has 4 rings (SSSR count). The first kappa shape index (κ1) is 18.9. The molecule has 1 fully saturated rings. The Balaban J connectivity index is 1.48. The number of carbonyl (C=O) groups is 2. The van der Waals surface area contributed by atoms with Gasteiger partial charge in [-0.2, -0.15) is 0 Å². The van der Waals surface area contributed by atoms with Crippen LogP contribution in [0.3, 0.4) is 0 Å². The van der Waals surface area contributed by atoms with E-state index in [0.29, 0.717) is 24.8 Å². The largest absolute Gasteiger partial charge is 0.465 e. The lowest BCUT2D eigenvalue weighted by Gasteiger charge is -2.33. The molecule has 1 atom stereocenters. The highest BCUT2D eigenvalue weighted by Gasteiger charge is 2.26. The summed E-state index contributed by atoms with van der Waals surface area (Å²) in [5, 5.41) is 3.64. The number of nitrogens with zero attached hydrogens (tertiary/aromatic N) is 3. The normalized spacial score (nSPS) is 20.2. The third kappa shape index (κ3) is 3.62. The van der Waals surface area contributed by atoms with Crippen molar-refractivity contribution in [3.63, 3.8) is 0 Å². The first-order valence-electron chi connectivity index (χ1n) is 9.72. The summed E-state index contributed by atoms with van der Waals surface area (Å²) in [6.07, 6.45) is 1.93. The number of hydrogen-bond acceptors (Lipinski definition) is 6. The summed E-state index contributed by atoms with van der Waals surface area (Å²) in [4.78, 5) is 29.8. The van der Waals surface area contributed by atoms with E-state index in [1.807, 2.05) is 11.0 Å². The van der Waals surface area contributed by atoms with E-state index in [2.05, 4.69) is 14.9 Å². The Kier molecular flexibility index (Phi) is 5.32. The molecule has 0 aliphatic carbocycles. The van der Waals surface area contributed by atoms with Crippen LogP contribution in [0.25, 0.3) is 11.0 Å². The number of esters is 1. The number of carbonyl (C=O) groups excluding carboxylic acids is 2. The number of amides is 1. The minimum absolute atomic E-state index is 0.142. The number of piperidine rings is 1. The number of hydrogen-bond donors (Lipinski definition) is 1. The van der Waals surface area contributed by atoms with Crippen molar-refractivity contribution in [3.05, 3.63) is 29.6 Å². The third-order valence-corrected chi connectivity index (χ3v) is 5.67. The SMILES string of the molecule is COC(=O)c1ccc2c(c1)nc1n2C(CNC2CCN(C(C)=O)CC2)COC1. The minimum atomic E-state index is -0.362. The fraction of sp³-hybridized carbons (Fsp3) is 0.550. The summed E-state index contributed by atoms with van der Waals surface area (Å²) in [6.45, 7) is 5.12. The molecule has 8 nitrogen and oxygen atoms in total. The van der Waals surface area contributed by atoms with Crippen molar-refractivity contribution in [2.45, 2.75) is 38.5 Å². The van der Waals surface area contributed by atoms with Crippen LogP contribution in [-0.2, 0) is 20.9 Å². The van der Waals surface area contributed by atoms with Crippen molar-refractivity contribution in [3.8, 4) is 0 Å². The maximum absolute atomic E-state index is 11.8. The molecule has 150 valence electrons. The van der Waals surface area contributed by atoms with E-state index in [0.717, 1.165) is 49.3 Å². The predicted octanol–water partition coefficient (Wildman–Crippen LogP) is 1.49. The number of imidazole rings is 1. The Morgan fingerprint density at radius 1 is 1.32 bits per heavy atom. The van der Waals surface area contributed by atoms with Crippen LogP contribution in [0.4, 0.5) is 0 Å². The van der Waals surface area contributed by atoms with Gasteiger partial charge >= 0.3 is 5.97 Å². The van der Waals surface area contributed by atoms with Crippen LogP contribution in [-0.4, -0.2) is 65.7 Å². The van der Waals surface area contributed by atoms with Crippen LogP contribution in [0.1, 0.15) is 42.0 Å². The topological polar surface area (TPSA) is 85.7 Å². The average Bonchev–Trinajstić information content (AvgIpc) is 3.10. The zero-order chi connectivity index (χ0) is 19.7. The first-order valence-corrected chi connectivity index (χ1v) is 9.72. The molecule has 1 N–H and O–H groups in total. The van der Waals surface area contributed by atoms with Crippen LogP contribution in [0.2, 0.25) is 0 Å². The highest BCUT2D eigenvalue weighted by Crippen LogP contribution is 2.27. The van der Waals surface area contributed by atoms with Gasteiger partial charge in [0, 0.05) is 32.6 Å². The smallest absolute Gasteiger partial charge is 0.337 e. The molecule has 2 aliphatic rings. The summed E-state index contributed by atoms with van der Waals surface area (Å²) in [7, 11) is 1.38. The highest BCUT2D eigenvalue weighted by molar-refractivity contribution is 5.93. The van der Waals surface area contributed by atoms with E-state index in [1.54, 1.807) is 19.1 Å². The van der Waals surface area contributed by atoms with Crippen LogP contribution < -0.4 is 5.32 Å². The van der Waals surface area contributed by atoms with E-state index in [-0.39, 0.29) is 17.9 Å². The van der Waals surface area contributed by atoms with Gasteiger partial charge in [-0.15, -0.1) is 0 Å².